The monoisotopic (exact) mass is 512 g/mol. The Kier molecular flexibility index (Phi) is 8.61. The Morgan fingerprint density at radius 1 is 0.579 bits per heavy atom. The van der Waals surface area contributed by atoms with Crippen molar-refractivity contribution in [2.75, 3.05) is 7.11 Å². The van der Waals surface area contributed by atoms with E-state index in [1.165, 1.54) is 6.92 Å². The number of esters is 1. The highest BCUT2D eigenvalue weighted by atomic mass is 16.7. The molecule has 0 saturated heterocycles. The summed E-state index contributed by atoms with van der Waals surface area (Å²) in [7, 11) is 1.60. The zero-order valence-corrected chi connectivity index (χ0v) is 21.4. The number of methoxy groups -OCH3 is 1. The van der Waals surface area contributed by atoms with Gasteiger partial charge in [-0.05, 0) is 90.3 Å². The summed E-state index contributed by atoms with van der Waals surface area (Å²) >= 11 is 0. The van der Waals surface area contributed by atoms with Gasteiger partial charge in [-0.1, -0.05) is 31.2 Å². The molecule has 0 aliphatic carbocycles. The molecule has 0 aromatic heterocycles. The number of ether oxygens (including phenoxy) is 5. The van der Waals surface area contributed by atoms with E-state index in [9.17, 15) is 9.59 Å². The minimum absolute atomic E-state index is 0.140. The second kappa shape index (κ2) is 12.5. The molecule has 7 heteroatoms. The van der Waals surface area contributed by atoms with Crippen LogP contribution in [0.3, 0.4) is 0 Å². The van der Waals surface area contributed by atoms with Crippen LogP contribution in [0.4, 0.5) is 4.79 Å². The van der Waals surface area contributed by atoms with Gasteiger partial charge in [0.15, 0.2) is 0 Å². The van der Waals surface area contributed by atoms with Crippen molar-refractivity contribution < 1.29 is 33.3 Å². The van der Waals surface area contributed by atoms with Crippen LogP contribution in [0.2, 0.25) is 0 Å². The lowest BCUT2D eigenvalue weighted by molar-refractivity contribution is -0.131. The molecule has 4 rings (SSSR count). The van der Waals surface area contributed by atoms with Crippen LogP contribution in [0.1, 0.15) is 37.3 Å². The van der Waals surface area contributed by atoms with E-state index >= 15 is 0 Å². The van der Waals surface area contributed by atoms with Crippen LogP contribution in [0, 0.1) is 0 Å². The molecule has 1 atom stereocenters. The Bertz CT molecular complexity index is 1340. The summed E-state index contributed by atoms with van der Waals surface area (Å²) in [6.45, 7) is 3.47. The Hall–Kier alpha value is -4.78. The van der Waals surface area contributed by atoms with Crippen molar-refractivity contribution in [3.05, 3.63) is 108 Å². The van der Waals surface area contributed by atoms with Gasteiger partial charge in [-0.25, -0.2) is 4.79 Å². The molecule has 0 spiro atoms. The predicted molar refractivity (Wildman–Crippen MR) is 142 cm³/mol. The number of hydrogen-bond donors (Lipinski definition) is 0. The standard InChI is InChI=1S/C31H28O7/c1-4-30(22-5-9-25(10-6-22)35-21(2)32)23-7-11-28(12-8-23)37-31(33)38-29-19-17-27(18-20-29)36-26-15-13-24(34-3)14-16-26/h5-20,30H,4H2,1-3H3. The van der Waals surface area contributed by atoms with Gasteiger partial charge >= 0.3 is 12.1 Å². The highest BCUT2D eigenvalue weighted by Gasteiger charge is 2.14. The van der Waals surface area contributed by atoms with Gasteiger partial charge in [-0.3, -0.25) is 4.79 Å². The van der Waals surface area contributed by atoms with Crippen LogP contribution in [0.15, 0.2) is 97.1 Å². The zero-order valence-electron chi connectivity index (χ0n) is 21.4. The maximum Gasteiger partial charge on any atom is 0.519 e. The Labute approximate surface area is 221 Å². The van der Waals surface area contributed by atoms with Crippen molar-refractivity contribution in [3.63, 3.8) is 0 Å². The van der Waals surface area contributed by atoms with Crippen LogP contribution >= 0.6 is 0 Å². The molecule has 0 aliphatic rings. The van der Waals surface area contributed by atoms with Gasteiger partial charge in [0.25, 0.3) is 0 Å². The fraction of sp³-hybridized carbons (Fsp3) is 0.161. The van der Waals surface area contributed by atoms with E-state index in [0.29, 0.717) is 28.7 Å². The third kappa shape index (κ3) is 7.13. The number of carbonyl (C=O) groups excluding carboxylic acids is 2. The van der Waals surface area contributed by atoms with Crippen LogP contribution in [0.25, 0.3) is 0 Å². The molecule has 0 fully saturated rings. The average molecular weight is 513 g/mol. The molecule has 4 aromatic rings. The van der Waals surface area contributed by atoms with Gasteiger partial charge in [0.05, 0.1) is 7.11 Å². The van der Waals surface area contributed by atoms with E-state index < -0.39 is 6.16 Å². The van der Waals surface area contributed by atoms with Gasteiger partial charge in [0.2, 0.25) is 0 Å². The smallest absolute Gasteiger partial charge is 0.497 e. The highest BCUT2D eigenvalue weighted by Crippen LogP contribution is 2.31. The van der Waals surface area contributed by atoms with Crippen LogP contribution < -0.4 is 23.7 Å². The first-order valence-corrected chi connectivity index (χ1v) is 12.1. The molecule has 0 amide bonds. The minimum Gasteiger partial charge on any atom is -0.497 e. The normalized spacial score (nSPS) is 11.2. The topological polar surface area (TPSA) is 80.3 Å². The quantitative estimate of drug-likeness (QED) is 0.130. The summed E-state index contributed by atoms with van der Waals surface area (Å²) in [5.74, 6) is 3.00. The highest BCUT2D eigenvalue weighted by molar-refractivity contribution is 5.69. The van der Waals surface area contributed by atoms with Crippen molar-refractivity contribution in [1.29, 1.82) is 0 Å². The third-order valence-corrected chi connectivity index (χ3v) is 5.76. The molecule has 38 heavy (non-hydrogen) atoms. The second-order valence-electron chi connectivity index (χ2n) is 8.40. The lowest BCUT2D eigenvalue weighted by Crippen LogP contribution is -2.13. The summed E-state index contributed by atoms with van der Waals surface area (Å²) in [6, 6.07) is 28.6. The van der Waals surface area contributed by atoms with Crippen molar-refractivity contribution in [3.8, 4) is 34.5 Å². The summed E-state index contributed by atoms with van der Waals surface area (Å²) in [4.78, 5) is 23.4. The first-order valence-electron chi connectivity index (χ1n) is 12.1. The van der Waals surface area contributed by atoms with E-state index in [-0.39, 0.29) is 11.9 Å². The zero-order chi connectivity index (χ0) is 26.9. The van der Waals surface area contributed by atoms with Gasteiger partial charge in [0, 0.05) is 12.8 Å². The minimum atomic E-state index is -0.838. The lowest BCUT2D eigenvalue weighted by atomic mass is 9.89. The molecule has 0 saturated carbocycles. The molecule has 0 bridgehead atoms. The van der Waals surface area contributed by atoms with E-state index in [1.807, 2.05) is 36.4 Å². The molecule has 0 heterocycles. The Balaban J connectivity index is 1.32. The van der Waals surface area contributed by atoms with E-state index in [4.69, 9.17) is 23.7 Å². The summed E-state index contributed by atoms with van der Waals surface area (Å²) in [6.07, 6.45) is 0.0301. The van der Waals surface area contributed by atoms with Gasteiger partial charge in [0.1, 0.15) is 34.5 Å². The Morgan fingerprint density at radius 3 is 1.34 bits per heavy atom. The molecule has 4 aromatic carbocycles. The van der Waals surface area contributed by atoms with Gasteiger partial charge in [-0.15, -0.1) is 0 Å². The summed E-state index contributed by atoms with van der Waals surface area (Å²) in [5, 5.41) is 0. The van der Waals surface area contributed by atoms with Crippen molar-refractivity contribution in [1.82, 2.24) is 0 Å². The molecule has 0 N–H and O–H groups in total. The molecule has 7 nitrogen and oxygen atoms in total. The summed E-state index contributed by atoms with van der Waals surface area (Å²) in [5.41, 5.74) is 2.16. The molecule has 1 unspecified atom stereocenters. The van der Waals surface area contributed by atoms with E-state index in [1.54, 1.807) is 67.8 Å². The fourth-order valence-electron chi connectivity index (χ4n) is 3.94. The van der Waals surface area contributed by atoms with Crippen LogP contribution in [-0.4, -0.2) is 19.2 Å². The van der Waals surface area contributed by atoms with Crippen LogP contribution in [-0.2, 0) is 4.79 Å². The molecule has 0 aliphatic heterocycles. The van der Waals surface area contributed by atoms with E-state index in [2.05, 4.69) is 6.92 Å². The first kappa shape index (κ1) is 26.3. The average Bonchev–Trinajstić information content (AvgIpc) is 2.92. The number of hydrogen-bond acceptors (Lipinski definition) is 7. The second-order valence-corrected chi connectivity index (χ2v) is 8.40. The number of rotatable bonds is 9. The van der Waals surface area contributed by atoms with Gasteiger partial charge < -0.3 is 23.7 Å². The lowest BCUT2D eigenvalue weighted by Gasteiger charge is -2.17. The molecular formula is C31H28O7. The SMILES string of the molecule is CCC(c1ccc(OC(C)=O)cc1)c1ccc(OC(=O)Oc2ccc(Oc3ccc(OC)cc3)cc2)cc1. The summed E-state index contributed by atoms with van der Waals surface area (Å²) < 4.78 is 26.7. The van der Waals surface area contributed by atoms with Crippen molar-refractivity contribution in [2.45, 2.75) is 26.2 Å². The molecule has 194 valence electrons. The largest absolute Gasteiger partial charge is 0.519 e. The molecule has 0 radical (unpaired) electrons. The van der Waals surface area contributed by atoms with E-state index in [0.717, 1.165) is 23.3 Å². The van der Waals surface area contributed by atoms with Crippen molar-refractivity contribution in [2.24, 2.45) is 0 Å². The van der Waals surface area contributed by atoms with Crippen LogP contribution in [0.5, 0.6) is 34.5 Å². The maximum absolute atomic E-state index is 12.3. The Morgan fingerprint density at radius 2 is 0.947 bits per heavy atom. The van der Waals surface area contributed by atoms with Crippen molar-refractivity contribution >= 4 is 12.1 Å². The van der Waals surface area contributed by atoms with Gasteiger partial charge in [-0.2, -0.15) is 0 Å². The fourth-order valence-corrected chi connectivity index (χ4v) is 3.94. The number of benzene rings is 4. The predicted octanol–water partition coefficient (Wildman–Crippen LogP) is 7.53. The number of carbonyl (C=O) groups is 2. The molecular weight excluding hydrogens is 484 g/mol. The first-order chi connectivity index (χ1) is 18.4. The third-order valence-electron chi connectivity index (χ3n) is 5.76. The maximum atomic E-state index is 12.3.